The number of fused-ring (bicyclic) bond motifs is 1. The van der Waals surface area contributed by atoms with Crippen molar-refractivity contribution in [1.29, 1.82) is 0 Å². The Balaban J connectivity index is 2.66. The third kappa shape index (κ3) is 3.55. The van der Waals surface area contributed by atoms with Gasteiger partial charge in [-0.05, 0) is 12.1 Å². The van der Waals surface area contributed by atoms with E-state index in [4.69, 9.17) is 0 Å². The zero-order chi connectivity index (χ0) is 22.2. The molecule has 1 amide bonds. The molecule has 0 saturated heterocycles. The fourth-order valence-electron chi connectivity index (χ4n) is 2.19. The second-order valence-corrected chi connectivity index (χ2v) is 5.51. The molecule has 1 aromatic carbocycles. The molecule has 0 fully saturated rings. The number of carbonyl (C=O) groups excluding carboxylic acids is 2. The molecule has 1 N–H and O–H groups in total. The summed E-state index contributed by atoms with van der Waals surface area (Å²) in [5, 5.41) is 7.49. The van der Waals surface area contributed by atoms with Crippen molar-refractivity contribution in [3.05, 3.63) is 24.3 Å². The van der Waals surface area contributed by atoms with Crippen LogP contribution in [0.25, 0.3) is 11.0 Å². The molecule has 0 saturated carbocycles. The van der Waals surface area contributed by atoms with E-state index in [1.807, 2.05) is 0 Å². The summed E-state index contributed by atoms with van der Waals surface area (Å²) in [6.07, 6.45) is -8.69. The summed E-state index contributed by atoms with van der Waals surface area (Å²) in [7, 11) is 0.638. The monoisotopic (exact) mass is 434 g/mol. The molecule has 2 rings (SSSR count). The lowest BCUT2D eigenvalue weighted by Crippen LogP contribution is -2.63. The molecule has 0 bridgehead atoms. The highest BCUT2D eigenvalue weighted by molar-refractivity contribution is 6.32. The van der Waals surface area contributed by atoms with Crippen LogP contribution in [-0.4, -0.2) is 58.2 Å². The maximum absolute atomic E-state index is 14.5. The molecule has 7 nitrogen and oxygen atoms in total. The number of para-hydroxylation sites is 1. The number of hydrogen-bond donors (Lipinski definition) is 1. The summed E-state index contributed by atoms with van der Waals surface area (Å²) >= 11 is 0. The molecule has 1 aromatic heterocycles. The molecule has 0 unspecified atom stereocenters. The first-order chi connectivity index (χ1) is 13.3. The fourth-order valence-corrected chi connectivity index (χ4v) is 2.19. The first-order valence-corrected chi connectivity index (χ1v) is 7.39. The molecule has 2 aromatic rings. The predicted octanol–water partition coefficient (Wildman–Crippen LogP) is 2.39. The number of ether oxygens (including phenoxy) is 1. The number of aromatic nitrogens is 3. The average Bonchev–Trinajstić information content (AvgIpc) is 3.08. The zero-order valence-electron chi connectivity index (χ0n) is 14.1. The van der Waals surface area contributed by atoms with Gasteiger partial charge in [0.05, 0.1) is 12.6 Å². The van der Waals surface area contributed by atoms with Crippen LogP contribution in [-0.2, 0) is 14.3 Å². The summed E-state index contributed by atoms with van der Waals surface area (Å²) in [5.74, 6) is -23.2. The van der Waals surface area contributed by atoms with Gasteiger partial charge >= 0.3 is 36.1 Å². The van der Waals surface area contributed by atoms with Gasteiger partial charge in [0.15, 0.2) is 6.17 Å². The quantitative estimate of drug-likeness (QED) is 0.429. The van der Waals surface area contributed by atoms with Crippen LogP contribution in [0.4, 0.5) is 35.1 Å². The van der Waals surface area contributed by atoms with Crippen molar-refractivity contribution in [2.24, 2.45) is 0 Å². The van der Waals surface area contributed by atoms with Gasteiger partial charge in [-0.15, -0.1) is 5.10 Å². The van der Waals surface area contributed by atoms with Crippen molar-refractivity contribution in [1.82, 2.24) is 20.3 Å². The molecule has 15 heteroatoms. The van der Waals surface area contributed by atoms with Crippen molar-refractivity contribution >= 4 is 22.9 Å². The van der Waals surface area contributed by atoms with Gasteiger partial charge in [0, 0.05) is 0 Å². The molecule has 0 spiro atoms. The number of amides is 1. The van der Waals surface area contributed by atoms with Gasteiger partial charge in [0.25, 0.3) is 0 Å². The Morgan fingerprint density at radius 1 is 1.07 bits per heavy atom. The summed E-state index contributed by atoms with van der Waals surface area (Å²) in [5.41, 5.74) is -0.650. The molecular weight excluding hydrogens is 424 g/mol. The van der Waals surface area contributed by atoms with Crippen LogP contribution < -0.4 is 5.32 Å². The van der Waals surface area contributed by atoms with Crippen molar-refractivity contribution in [3.63, 3.8) is 0 Å². The van der Waals surface area contributed by atoms with Crippen molar-refractivity contribution < 1.29 is 49.4 Å². The molecule has 0 aliphatic carbocycles. The van der Waals surface area contributed by atoms with E-state index in [-0.39, 0.29) is 10.2 Å². The first-order valence-electron chi connectivity index (χ1n) is 7.39. The SMILES string of the molecule is COC(=O)C(=O)N[C@H](n1nnc2ccccc21)C(F)(F)C(F)(F)C(F)(F)C(F)F. The van der Waals surface area contributed by atoms with Crippen LogP contribution in [0, 0.1) is 0 Å². The summed E-state index contributed by atoms with van der Waals surface area (Å²) < 4.78 is 112. The minimum Gasteiger partial charge on any atom is -0.462 e. The average molecular weight is 434 g/mol. The van der Waals surface area contributed by atoms with E-state index in [1.54, 1.807) is 0 Å². The molecule has 0 aliphatic rings. The predicted molar refractivity (Wildman–Crippen MR) is 77.6 cm³/mol. The summed E-state index contributed by atoms with van der Waals surface area (Å²) in [6.45, 7) is 0. The molecule has 0 aliphatic heterocycles. The third-order valence-corrected chi connectivity index (χ3v) is 3.72. The third-order valence-electron chi connectivity index (χ3n) is 3.72. The van der Waals surface area contributed by atoms with Gasteiger partial charge in [-0.2, -0.15) is 26.3 Å². The number of halogens is 8. The fraction of sp³-hybridized carbons (Fsp3) is 0.429. The van der Waals surface area contributed by atoms with E-state index < -0.39 is 47.8 Å². The molecule has 1 atom stereocenters. The van der Waals surface area contributed by atoms with Crippen molar-refractivity contribution in [3.8, 4) is 0 Å². The number of benzene rings is 1. The zero-order valence-corrected chi connectivity index (χ0v) is 14.1. The number of rotatable bonds is 6. The van der Waals surface area contributed by atoms with Crippen molar-refractivity contribution in [2.75, 3.05) is 7.11 Å². The number of methoxy groups -OCH3 is 1. The number of alkyl halides is 8. The van der Waals surface area contributed by atoms with Crippen molar-refractivity contribution in [2.45, 2.75) is 30.4 Å². The second-order valence-electron chi connectivity index (χ2n) is 5.51. The Morgan fingerprint density at radius 3 is 2.21 bits per heavy atom. The highest BCUT2D eigenvalue weighted by Gasteiger charge is 2.78. The van der Waals surface area contributed by atoms with Gasteiger partial charge in [-0.1, -0.05) is 17.3 Å². The highest BCUT2D eigenvalue weighted by Crippen LogP contribution is 2.52. The second kappa shape index (κ2) is 7.44. The molecule has 160 valence electrons. The lowest BCUT2D eigenvalue weighted by molar-refractivity contribution is -0.350. The highest BCUT2D eigenvalue weighted by atomic mass is 19.4. The Morgan fingerprint density at radius 2 is 1.66 bits per heavy atom. The molecule has 0 radical (unpaired) electrons. The van der Waals surface area contributed by atoms with E-state index >= 15 is 0 Å². The number of hydrogen-bond acceptors (Lipinski definition) is 5. The Bertz CT molecular complexity index is 917. The minimum atomic E-state index is -6.69. The lowest BCUT2D eigenvalue weighted by atomic mass is 10.0. The largest absolute Gasteiger partial charge is 0.462 e. The maximum atomic E-state index is 14.5. The molecular formula is C14H10F8N4O3. The van der Waals surface area contributed by atoms with Crippen LogP contribution in [0.15, 0.2) is 24.3 Å². The molecule has 1 heterocycles. The summed E-state index contributed by atoms with van der Waals surface area (Å²) in [4.78, 5) is 22.8. The molecule has 29 heavy (non-hydrogen) atoms. The van der Waals surface area contributed by atoms with Gasteiger partial charge in [-0.3, -0.25) is 4.79 Å². The minimum absolute atomic E-state index is 0.106. The topological polar surface area (TPSA) is 86.1 Å². The smallest absolute Gasteiger partial charge is 0.396 e. The van der Waals surface area contributed by atoms with Gasteiger partial charge in [0.2, 0.25) is 0 Å². The number of nitrogens with zero attached hydrogens (tertiary/aromatic N) is 3. The Hall–Kier alpha value is -3.00. The van der Waals surface area contributed by atoms with E-state index in [1.165, 1.54) is 18.2 Å². The van der Waals surface area contributed by atoms with E-state index in [2.05, 4.69) is 15.0 Å². The Kier molecular flexibility index (Phi) is 5.72. The normalized spacial score (nSPS) is 14.1. The van der Waals surface area contributed by atoms with Gasteiger partial charge in [0.1, 0.15) is 5.52 Å². The van der Waals surface area contributed by atoms with Crippen LogP contribution in [0.1, 0.15) is 6.17 Å². The number of carbonyl (C=O) groups is 2. The lowest BCUT2D eigenvalue weighted by Gasteiger charge is -2.36. The van der Waals surface area contributed by atoms with E-state index in [0.717, 1.165) is 11.4 Å². The number of nitrogens with one attached hydrogen (secondary N) is 1. The van der Waals surface area contributed by atoms with E-state index in [0.29, 0.717) is 7.11 Å². The van der Waals surface area contributed by atoms with Crippen LogP contribution in [0.5, 0.6) is 0 Å². The maximum Gasteiger partial charge on any atom is 0.396 e. The van der Waals surface area contributed by atoms with Gasteiger partial charge < -0.3 is 10.1 Å². The van der Waals surface area contributed by atoms with Crippen LogP contribution in [0.2, 0.25) is 0 Å². The van der Waals surface area contributed by atoms with Crippen LogP contribution in [0.3, 0.4) is 0 Å². The van der Waals surface area contributed by atoms with Gasteiger partial charge in [-0.25, -0.2) is 18.3 Å². The standard InChI is InChI=1S/C14H10F8N4O3/c1-29-9(28)8(27)23-11(26-7-5-3-2-4-6(7)24-25-26)13(19,20)14(21,22)12(17,18)10(15)16/h2-5,10-11H,1H3,(H,23,27)/t11-/m1/s1. The first kappa shape index (κ1) is 22.3. The number of esters is 1. The van der Waals surface area contributed by atoms with Crippen LogP contribution >= 0.6 is 0 Å². The summed E-state index contributed by atoms with van der Waals surface area (Å²) in [6, 6.07) is 4.70. The Labute approximate surface area is 155 Å². The van der Waals surface area contributed by atoms with E-state index in [9.17, 15) is 44.7 Å².